The Morgan fingerprint density at radius 1 is 1.00 bits per heavy atom. The highest BCUT2D eigenvalue weighted by Crippen LogP contribution is 2.29. The second kappa shape index (κ2) is 8.90. The van der Waals surface area contributed by atoms with E-state index in [2.05, 4.69) is 10.4 Å². The van der Waals surface area contributed by atoms with Gasteiger partial charge in [0.2, 0.25) is 11.8 Å². The molecule has 6 nitrogen and oxygen atoms in total. The lowest BCUT2D eigenvalue weighted by atomic mass is 9.91. The molecule has 0 unspecified atom stereocenters. The van der Waals surface area contributed by atoms with Crippen molar-refractivity contribution in [3.05, 3.63) is 88.2 Å². The smallest absolute Gasteiger partial charge is 0.391 e. The van der Waals surface area contributed by atoms with Gasteiger partial charge in [0, 0.05) is 6.04 Å². The molecule has 0 atom stereocenters. The molecular weight excluding hydrogens is 366 g/mol. The summed E-state index contributed by atoms with van der Waals surface area (Å²) in [5.74, 6) is -0.837. The number of carbonyl (C=O) groups is 1. The summed E-state index contributed by atoms with van der Waals surface area (Å²) in [5, 5.41) is 7.39. The van der Waals surface area contributed by atoms with Crippen LogP contribution < -0.4 is 11.1 Å². The summed E-state index contributed by atoms with van der Waals surface area (Å²) in [6, 6.07) is 19.8. The summed E-state index contributed by atoms with van der Waals surface area (Å²) >= 11 is 0. The molecule has 1 aliphatic carbocycles. The minimum absolute atomic E-state index is 0.130. The molecule has 2 aromatic carbocycles. The Labute approximate surface area is 169 Å². The highest BCUT2D eigenvalue weighted by atomic mass is 16.4. The maximum atomic E-state index is 12.4. The maximum absolute atomic E-state index is 12.4. The number of hydrogen-bond acceptors (Lipinski definition) is 4. The van der Waals surface area contributed by atoms with Crippen LogP contribution in [-0.4, -0.2) is 21.7 Å². The lowest BCUT2D eigenvalue weighted by Gasteiger charge is -2.22. The number of aromatic nitrogens is 2. The van der Waals surface area contributed by atoms with E-state index in [4.69, 9.17) is 4.42 Å². The molecule has 1 aromatic heterocycles. The molecule has 0 saturated heterocycles. The molecule has 3 aromatic rings. The van der Waals surface area contributed by atoms with Crippen LogP contribution in [0.4, 0.5) is 0 Å². The third-order valence-corrected chi connectivity index (χ3v) is 5.40. The van der Waals surface area contributed by atoms with Crippen molar-refractivity contribution >= 4 is 5.91 Å². The number of nitrogens with zero attached hydrogens (tertiary/aromatic N) is 2. The first-order valence-electron chi connectivity index (χ1n) is 10.2. The quantitative estimate of drug-likeness (QED) is 0.698. The SMILES string of the molecule is O=C(Cn1nc(C(c2ccccc2)c2ccccc2)oc1=O)NC1CCCCC1. The van der Waals surface area contributed by atoms with Crippen molar-refractivity contribution in [2.45, 2.75) is 50.6 Å². The molecular formula is C23H25N3O3. The summed E-state index contributed by atoms with van der Waals surface area (Å²) in [6.45, 7) is -0.130. The van der Waals surface area contributed by atoms with E-state index in [-0.39, 0.29) is 30.3 Å². The van der Waals surface area contributed by atoms with E-state index in [1.165, 1.54) is 6.42 Å². The minimum Gasteiger partial charge on any atom is -0.391 e. The molecule has 1 heterocycles. The fourth-order valence-corrected chi connectivity index (χ4v) is 3.96. The standard InChI is InChI=1S/C23H25N3O3/c27-20(24-19-14-8-3-9-15-19)16-26-23(28)29-22(25-26)21(17-10-4-1-5-11-17)18-12-6-2-7-13-18/h1-2,4-7,10-13,19,21H,3,8-9,14-16H2,(H,24,27). The summed E-state index contributed by atoms with van der Waals surface area (Å²) in [6.07, 6.45) is 5.48. The molecule has 0 bridgehead atoms. The lowest BCUT2D eigenvalue weighted by molar-refractivity contribution is -0.122. The third-order valence-electron chi connectivity index (χ3n) is 5.40. The zero-order valence-corrected chi connectivity index (χ0v) is 16.3. The predicted octanol–water partition coefficient (Wildman–Crippen LogP) is 3.47. The summed E-state index contributed by atoms with van der Waals surface area (Å²) in [7, 11) is 0. The van der Waals surface area contributed by atoms with Gasteiger partial charge in [0.05, 0.1) is 5.92 Å². The maximum Gasteiger partial charge on any atom is 0.437 e. The van der Waals surface area contributed by atoms with Crippen LogP contribution in [0.25, 0.3) is 0 Å². The highest BCUT2D eigenvalue weighted by molar-refractivity contribution is 5.75. The van der Waals surface area contributed by atoms with Crippen LogP contribution in [0.3, 0.4) is 0 Å². The van der Waals surface area contributed by atoms with Gasteiger partial charge in [0.1, 0.15) is 6.54 Å². The normalized spacial score (nSPS) is 14.8. The topological polar surface area (TPSA) is 77.1 Å². The molecule has 1 aliphatic rings. The van der Waals surface area contributed by atoms with E-state index in [1.54, 1.807) is 0 Å². The van der Waals surface area contributed by atoms with E-state index >= 15 is 0 Å². The average Bonchev–Trinajstić information content (AvgIpc) is 3.10. The van der Waals surface area contributed by atoms with Crippen molar-refractivity contribution in [2.75, 3.05) is 0 Å². The second-order valence-electron chi connectivity index (χ2n) is 7.52. The van der Waals surface area contributed by atoms with Gasteiger partial charge in [-0.05, 0) is 24.0 Å². The average molecular weight is 391 g/mol. The molecule has 1 saturated carbocycles. The van der Waals surface area contributed by atoms with Crippen molar-refractivity contribution < 1.29 is 9.21 Å². The van der Waals surface area contributed by atoms with Gasteiger partial charge in [-0.25, -0.2) is 4.79 Å². The van der Waals surface area contributed by atoms with Crippen LogP contribution in [0.2, 0.25) is 0 Å². The molecule has 1 fully saturated rings. The molecule has 1 amide bonds. The van der Waals surface area contributed by atoms with Gasteiger partial charge in [-0.15, -0.1) is 5.10 Å². The van der Waals surface area contributed by atoms with Crippen LogP contribution in [0.15, 0.2) is 69.9 Å². The first-order chi connectivity index (χ1) is 14.2. The fourth-order valence-electron chi connectivity index (χ4n) is 3.96. The van der Waals surface area contributed by atoms with Crippen molar-refractivity contribution in [3.8, 4) is 0 Å². The number of amides is 1. The second-order valence-corrected chi connectivity index (χ2v) is 7.52. The van der Waals surface area contributed by atoms with Crippen LogP contribution in [0.1, 0.15) is 55.0 Å². The van der Waals surface area contributed by atoms with E-state index in [0.717, 1.165) is 41.5 Å². The highest BCUT2D eigenvalue weighted by Gasteiger charge is 2.24. The fraction of sp³-hybridized carbons (Fsp3) is 0.348. The molecule has 0 spiro atoms. The Hall–Kier alpha value is -3.15. The Balaban J connectivity index is 1.57. The summed E-state index contributed by atoms with van der Waals surface area (Å²) in [4.78, 5) is 24.8. The minimum atomic E-state index is -0.615. The number of benzene rings is 2. The van der Waals surface area contributed by atoms with Crippen LogP contribution in [0.5, 0.6) is 0 Å². The molecule has 0 radical (unpaired) electrons. The van der Waals surface area contributed by atoms with E-state index in [1.807, 2.05) is 60.7 Å². The van der Waals surface area contributed by atoms with Gasteiger partial charge in [0.15, 0.2) is 0 Å². The largest absolute Gasteiger partial charge is 0.437 e. The van der Waals surface area contributed by atoms with Gasteiger partial charge >= 0.3 is 5.76 Å². The van der Waals surface area contributed by atoms with Crippen molar-refractivity contribution in [1.82, 2.24) is 15.1 Å². The Kier molecular flexibility index (Phi) is 5.89. The van der Waals surface area contributed by atoms with Gasteiger partial charge in [-0.3, -0.25) is 4.79 Å². The Morgan fingerprint density at radius 3 is 2.17 bits per heavy atom. The predicted molar refractivity (Wildman–Crippen MR) is 110 cm³/mol. The van der Waals surface area contributed by atoms with Crippen molar-refractivity contribution in [3.63, 3.8) is 0 Å². The lowest BCUT2D eigenvalue weighted by Crippen LogP contribution is -2.39. The van der Waals surface area contributed by atoms with Crippen LogP contribution in [0, 0.1) is 0 Å². The molecule has 6 heteroatoms. The zero-order chi connectivity index (χ0) is 20.1. The number of nitrogens with one attached hydrogen (secondary N) is 1. The Bertz CT molecular complexity index is 949. The van der Waals surface area contributed by atoms with E-state index in [9.17, 15) is 9.59 Å². The van der Waals surface area contributed by atoms with Gasteiger partial charge in [0.25, 0.3) is 0 Å². The van der Waals surface area contributed by atoms with Gasteiger partial charge in [-0.1, -0.05) is 79.9 Å². The molecule has 1 N–H and O–H groups in total. The molecule has 29 heavy (non-hydrogen) atoms. The first kappa shape index (κ1) is 19.2. The number of hydrogen-bond donors (Lipinski definition) is 1. The Morgan fingerprint density at radius 2 is 1.59 bits per heavy atom. The van der Waals surface area contributed by atoms with Crippen LogP contribution in [-0.2, 0) is 11.3 Å². The summed E-state index contributed by atoms with van der Waals surface area (Å²) < 4.78 is 6.61. The molecule has 150 valence electrons. The van der Waals surface area contributed by atoms with Crippen molar-refractivity contribution in [1.29, 1.82) is 0 Å². The summed E-state index contributed by atoms with van der Waals surface area (Å²) in [5.41, 5.74) is 1.94. The molecule has 0 aliphatic heterocycles. The van der Waals surface area contributed by atoms with Crippen LogP contribution >= 0.6 is 0 Å². The van der Waals surface area contributed by atoms with E-state index in [0.29, 0.717) is 0 Å². The third kappa shape index (κ3) is 4.65. The zero-order valence-electron chi connectivity index (χ0n) is 16.3. The van der Waals surface area contributed by atoms with E-state index < -0.39 is 5.76 Å². The number of carbonyl (C=O) groups excluding carboxylic acids is 1. The van der Waals surface area contributed by atoms with Gasteiger partial charge in [-0.2, -0.15) is 4.68 Å². The molecule has 4 rings (SSSR count). The first-order valence-corrected chi connectivity index (χ1v) is 10.2. The van der Waals surface area contributed by atoms with Gasteiger partial charge < -0.3 is 9.73 Å². The number of rotatable bonds is 6. The van der Waals surface area contributed by atoms with Crippen molar-refractivity contribution in [2.24, 2.45) is 0 Å². The monoisotopic (exact) mass is 391 g/mol.